The Morgan fingerprint density at radius 3 is 2.36 bits per heavy atom. The van der Waals surface area contributed by atoms with E-state index in [1.807, 2.05) is 6.07 Å². The van der Waals surface area contributed by atoms with Crippen molar-refractivity contribution in [2.24, 2.45) is 0 Å². The fourth-order valence-electron chi connectivity index (χ4n) is 2.30. The van der Waals surface area contributed by atoms with Crippen LogP contribution in [0.25, 0.3) is 0 Å². The predicted octanol–water partition coefficient (Wildman–Crippen LogP) is 2.92. The Hall–Kier alpha value is -0.820. The summed E-state index contributed by atoms with van der Waals surface area (Å²) in [5.74, 6) is 0. The first-order chi connectivity index (χ1) is 6.79. The normalized spacial score (nSPS) is 19.8. The summed E-state index contributed by atoms with van der Waals surface area (Å²) in [5, 5.41) is 10.2. The van der Waals surface area contributed by atoms with Crippen molar-refractivity contribution in [2.75, 3.05) is 0 Å². The van der Waals surface area contributed by atoms with E-state index in [0.29, 0.717) is 0 Å². The third-order valence-electron chi connectivity index (χ3n) is 3.26. The average Bonchev–Trinajstić information content (AvgIpc) is 2.65. The minimum Gasteiger partial charge on any atom is -0.390 e. The Labute approximate surface area is 85.8 Å². The second-order valence-corrected chi connectivity index (χ2v) is 4.42. The molecule has 14 heavy (non-hydrogen) atoms. The molecule has 1 aromatic carbocycles. The monoisotopic (exact) mass is 190 g/mol. The third-order valence-corrected chi connectivity index (χ3v) is 3.26. The second kappa shape index (κ2) is 4.14. The standard InChI is InChI=1S/C13H18O/c14-13(9-4-5-10-13)11-8-12-6-2-1-3-7-12/h1-3,6-7,14H,4-5,8-11H2. The fraction of sp³-hybridized carbons (Fsp3) is 0.538. The predicted molar refractivity (Wildman–Crippen MR) is 58.2 cm³/mol. The summed E-state index contributed by atoms with van der Waals surface area (Å²) in [6.45, 7) is 0. The molecule has 0 aliphatic heterocycles. The van der Waals surface area contributed by atoms with Gasteiger partial charge >= 0.3 is 0 Å². The lowest BCUT2D eigenvalue weighted by Gasteiger charge is -2.21. The highest BCUT2D eigenvalue weighted by Crippen LogP contribution is 2.33. The fourth-order valence-corrected chi connectivity index (χ4v) is 2.30. The van der Waals surface area contributed by atoms with E-state index in [1.54, 1.807) is 0 Å². The van der Waals surface area contributed by atoms with Gasteiger partial charge in [-0.25, -0.2) is 0 Å². The van der Waals surface area contributed by atoms with Gasteiger partial charge in [-0.2, -0.15) is 0 Å². The largest absolute Gasteiger partial charge is 0.390 e. The highest BCUT2D eigenvalue weighted by Gasteiger charge is 2.30. The molecular weight excluding hydrogens is 172 g/mol. The van der Waals surface area contributed by atoms with Gasteiger partial charge in [0.05, 0.1) is 5.60 Å². The van der Waals surface area contributed by atoms with Gasteiger partial charge in [0.2, 0.25) is 0 Å². The van der Waals surface area contributed by atoms with Crippen LogP contribution in [0, 0.1) is 0 Å². The summed E-state index contributed by atoms with van der Waals surface area (Å²) in [6, 6.07) is 10.4. The topological polar surface area (TPSA) is 20.2 Å². The van der Waals surface area contributed by atoms with Crippen molar-refractivity contribution >= 4 is 0 Å². The van der Waals surface area contributed by atoms with Gasteiger partial charge in [0.15, 0.2) is 0 Å². The van der Waals surface area contributed by atoms with E-state index >= 15 is 0 Å². The molecule has 1 N–H and O–H groups in total. The third kappa shape index (κ3) is 2.36. The molecule has 0 unspecified atom stereocenters. The molecule has 0 heterocycles. The number of hydrogen-bond acceptors (Lipinski definition) is 1. The van der Waals surface area contributed by atoms with E-state index in [-0.39, 0.29) is 5.60 Å². The summed E-state index contributed by atoms with van der Waals surface area (Å²) in [5.41, 5.74) is 0.989. The molecule has 0 radical (unpaired) electrons. The molecule has 76 valence electrons. The molecule has 0 saturated heterocycles. The lowest BCUT2D eigenvalue weighted by atomic mass is 9.93. The van der Waals surface area contributed by atoms with Crippen LogP contribution < -0.4 is 0 Å². The van der Waals surface area contributed by atoms with Crippen LogP contribution >= 0.6 is 0 Å². The van der Waals surface area contributed by atoms with Crippen molar-refractivity contribution in [1.29, 1.82) is 0 Å². The average molecular weight is 190 g/mol. The SMILES string of the molecule is OC1(CCc2ccccc2)CCCC1. The molecule has 1 heteroatoms. The highest BCUT2D eigenvalue weighted by molar-refractivity contribution is 5.15. The van der Waals surface area contributed by atoms with Crippen molar-refractivity contribution in [3.63, 3.8) is 0 Å². The number of hydrogen-bond donors (Lipinski definition) is 1. The molecule has 0 aromatic heterocycles. The first-order valence-corrected chi connectivity index (χ1v) is 5.55. The van der Waals surface area contributed by atoms with Gasteiger partial charge in [-0.05, 0) is 31.2 Å². The summed E-state index contributed by atoms with van der Waals surface area (Å²) in [6.07, 6.45) is 6.34. The zero-order valence-electron chi connectivity index (χ0n) is 8.58. The van der Waals surface area contributed by atoms with Gasteiger partial charge in [-0.3, -0.25) is 0 Å². The maximum Gasteiger partial charge on any atom is 0.0651 e. The van der Waals surface area contributed by atoms with Crippen molar-refractivity contribution in [3.05, 3.63) is 35.9 Å². The van der Waals surface area contributed by atoms with Crippen LogP contribution in [0.4, 0.5) is 0 Å². The van der Waals surface area contributed by atoms with Gasteiger partial charge < -0.3 is 5.11 Å². The first kappa shape index (κ1) is 9.72. The summed E-state index contributed by atoms with van der Waals surface area (Å²) >= 11 is 0. The zero-order valence-corrected chi connectivity index (χ0v) is 8.58. The molecular formula is C13H18O. The molecule has 2 rings (SSSR count). The summed E-state index contributed by atoms with van der Waals surface area (Å²) < 4.78 is 0. The van der Waals surface area contributed by atoms with Crippen molar-refractivity contribution in [2.45, 2.75) is 44.1 Å². The van der Waals surface area contributed by atoms with Crippen LogP contribution in [0.15, 0.2) is 30.3 Å². The summed E-state index contributed by atoms with van der Waals surface area (Å²) in [7, 11) is 0. The van der Waals surface area contributed by atoms with Gasteiger partial charge in [0.1, 0.15) is 0 Å². The van der Waals surface area contributed by atoms with Crippen LogP contribution in [-0.2, 0) is 6.42 Å². The van der Waals surface area contributed by atoms with Crippen LogP contribution in [0.5, 0.6) is 0 Å². The molecule has 1 aliphatic rings. The van der Waals surface area contributed by atoms with Crippen LogP contribution in [0.2, 0.25) is 0 Å². The van der Waals surface area contributed by atoms with Gasteiger partial charge in [0, 0.05) is 0 Å². The van der Waals surface area contributed by atoms with Gasteiger partial charge in [-0.1, -0.05) is 43.2 Å². The maximum absolute atomic E-state index is 10.2. The molecule has 0 bridgehead atoms. The van der Waals surface area contributed by atoms with E-state index in [4.69, 9.17) is 0 Å². The lowest BCUT2D eigenvalue weighted by Crippen LogP contribution is -2.24. The van der Waals surface area contributed by atoms with Crippen LogP contribution in [0.1, 0.15) is 37.7 Å². The Bertz CT molecular complexity index is 273. The van der Waals surface area contributed by atoms with Crippen molar-refractivity contribution in [3.8, 4) is 0 Å². The Kier molecular flexibility index (Phi) is 2.87. The Morgan fingerprint density at radius 2 is 1.71 bits per heavy atom. The molecule has 1 nitrogen and oxygen atoms in total. The minimum atomic E-state index is -0.351. The quantitative estimate of drug-likeness (QED) is 0.777. The van der Waals surface area contributed by atoms with E-state index in [0.717, 1.165) is 25.7 Å². The van der Waals surface area contributed by atoms with Crippen molar-refractivity contribution in [1.82, 2.24) is 0 Å². The molecule has 1 aliphatic carbocycles. The molecule has 0 spiro atoms. The van der Waals surface area contributed by atoms with E-state index in [1.165, 1.54) is 18.4 Å². The number of aliphatic hydroxyl groups is 1. The Balaban J connectivity index is 1.88. The number of rotatable bonds is 3. The number of benzene rings is 1. The smallest absolute Gasteiger partial charge is 0.0651 e. The van der Waals surface area contributed by atoms with E-state index in [9.17, 15) is 5.11 Å². The van der Waals surface area contributed by atoms with Crippen LogP contribution in [0.3, 0.4) is 0 Å². The molecule has 1 aromatic rings. The van der Waals surface area contributed by atoms with Crippen molar-refractivity contribution < 1.29 is 5.11 Å². The molecule has 1 fully saturated rings. The highest BCUT2D eigenvalue weighted by atomic mass is 16.3. The zero-order chi connectivity index (χ0) is 9.86. The minimum absolute atomic E-state index is 0.351. The molecule has 0 amide bonds. The molecule has 0 atom stereocenters. The van der Waals surface area contributed by atoms with E-state index < -0.39 is 0 Å². The lowest BCUT2D eigenvalue weighted by molar-refractivity contribution is 0.0391. The number of aryl methyl sites for hydroxylation is 1. The van der Waals surface area contributed by atoms with Gasteiger partial charge in [0.25, 0.3) is 0 Å². The maximum atomic E-state index is 10.2. The van der Waals surface area contributed by atoms with E-state index in [2.05, 4.69) is 24.3 Å². The summed E-state index contributed by atoms with van der Waals surface area (Å²) in [4.78, 5) is 0. The first-order valence-electron chi connectivity index (χ1n) is 5.55. The second-order valence-electron chi connectivity index (χ2n) is 4.42. The Morgan fingerprint density at radius 1 is 1.07 bits per heavy atom. The van der Waals surface area contributed by atoms with Crippen LogP contribution in [-0.4, -0.2) is 10.7 Å². The van der Waals surface area contributed by atoms with Gasteiger partial charge in [-0.15, -0.1) is 0 Å². The molecule has 1 saturated carbocycles.